The van der Waals surface area contributed by atoms with Crippen molar-refractivity contribution in [1.82, 2.24) is 0 Å². The van der Waals surface area contributed by atoms with Gasteiger partial charge in [-0.05, 0) is 19.1 Å². The fourth-order valence-electron chi connectivity index (χ4n) is 2.30. The molecule has 2 aromatic carbocycles. The Morgan fingerprint density at radius 1 is 1.05 bits per heavy atom. The van der Waals surface area contributed by atoms with Crippen molar-refractivity contribution >= 4 is 0 Å². The van der Waals surface area contributed by atoms with Crippen molar-refractivity contribution in [3.05, 3.63) is 65.7 Å². The SMILES string of the molecule is COc1ccccc1[C@@H](C#N)[NH2+][C@@H](C)c1ccccc1.[Cl-]. The molecule has 0 unspecified atom stereocenters. The Kier molecular flexibility index (Phi) is 6.74. The summed E-state index contributed by atoms with van der Waals surface area (Å²) in [7, 11) is 1.63. The van der Waals surface area contributed by atoms with Crippen molar-refractivity contribution in [1.29, 1.82) is 5.26 Å². The Balaban J connectivity index is 0.00000220. The summed E-state index contributed by atoms with van der Waals surface area (Å²) in [5, 5.41) is 11.5. The Morgan fingerprint density at radius 2 is 1.67 bits per heavy atom. The first-order valence-corrected chi connectivity index (χ1v) is 6.68. The molecule has 0 fully saturated rings. The highest BCUT2D eigenvalue weighted by Gasteiger charge is 2.21. The van der Waals surface area contributed by atoms with Crippen LogP contribution in [0.3, 0.4) is 0 Å². The fraction of sp³-hybridized carbons (Fsp3) is 0.235. The fourth-order valence-corrected chi connectivity index (χ4v) is 2.30. The van der Waals surface area contributed by atoms with E-state index in [-0.39, 0.29) is 24.5 Å². The molecule has 0 saturated carbocycles. The van der Waals surface area contributed by atoms with E-state index < -0.39 is 0 Å². The third kappa shape index (κ3) is 4.22. The van der Waals surface area contributed by atoms with Crippen LogP contribution in [0.15, 0.2) is 54.6 Å². The summed E-state index contributed by atoms with van der Waals surface area (Å²) in [4.78, 5) is 0. The van der Waals surface area contributed by atoms with Gasteiger partial charge in [0.05, 0.1) is 12.7 Å². The van der Waals surface area contributed by atoms with E-state index in [4.69, 9.17) is 4.74 Å². The lowest BCUT2D eigenvalue weighted by Crippen LogP contribution is -3.00. The van der Waals surface area contributed by atoms with Crippen LogP contribution < -0.4 is 22.5 Å². The zero-order valence-corrected chi connectivity index (χ0v) is 12.9. The Bertz CT molecular complexity index is 595. The number of hydrogen-bond acceptors (Lipinski definition) is 2. The average Bonchev–Trinajstić information content (AvgIpc) is 2.53. The van der Waals surface area contributed by atoms with Gasteiger partial charge in [0.1, 0.15) is 17.9 Å². The van der Waals surface area contributed by atoms with Gasteiger partial charge in [0.15, 0.2) is 0 Å². The van der Waals surface area contributed by atoms with E-state index in [9.17, 15) is 5.26 Å². The molecule has 2 aromatic rings. The van der Waals surface area contributed by atoms with Gasteiger partial charge in [-0.15, -0.1) is 0 Å². The molecule has 0 aromatic heterocycles. The van der Waals surface area contributed by atoms with Crippen LogP contribution in [-0.2, 0) is 0 Å². The predicted molar refractivity (Wildman–Crippen MR) is 78.1 cm³/mol. The van der Waals surface area contributed by atoms with E-state index in [1.807, 2.05) is 42.5 Å². The first kappa shape index (κ1) is 17.0. The lowest BCUT2D eigenvalue weighted by molar-refractivity contribution is -0.720. The number of benzene rings is 2. The van der Waals surface area contributed by atoms with Crippen LogP contribution in [0.1, 0.15) is 30.1 Å². The summed E-state index contributed by atoms with van der Waals surface area (Å²) in [5.41, 5.74) is 2.13. The van der Waals surface area contributed by atoms with Crippen LogP contribution in [0.4, 0.5) is 0 Å². The molecule has 2 atom stereocenters. The normalized spacial score (nSPS) is 12.6. The van der Waals surface area contributed by atoms with E-state index in [1.165, 1.54) is 5.56 Å². The molecular weight excluding hydrogens is 284 g/mol. The second kappa shape index (κ2) is 8.31. The molecule has 3 nitrogen and oxygen atoms in total. The molecule has 0 heterocycles. The first-order chi connectivity index (χ1) is 9.76. The van der Waals surface area contributed by atoms with Crippen molar-refractivity contribution < 1.29 is 22.5 Å². The average molecular weight is 303 g/mol. The standard InChI is InChI=1S/C17H18N2O.ClH/c1-13(14-8-4-3-5-9-14)19-16(12-18)15-10-6-7-11-17(15)20-2;/h3-11,13,16,19H,1-2H3;1H/t13-,16+;/m0./s1. The molecule has 2 rings (SSSR count). The highest BCUT2D eigenvalue weighted by molar-refractivity contribution is 5.37. The number of rotatable bonds is 5. The lowest BCUT2D eigenvalue weighted by Gasteiger charge is -2.17. The van der Waals surface area contributed by atoms with Crippen LogP contribution in [-0.4, -0.2) is 7.11 Å². The van der Waals surface area contributed by atoms with E-state index in [1.54, 1.807) is 7.11 Å². The molecule has 0 radical (unpaired) electrons. The minimum Gasteiger partial charge on any atom is -1.00 e. The van der Waals surface area contributed by atoms with Gasteiger partial charge in [0.2, 0.25) is 6.04 Å². The summed E-state index contributed by atoms with van der Waals surface area (Å²) in [6.45, 7) is 2.11. The molecule has 0 aliphatic carbocycles. The van der Waals surface area contributed by atoms with Crippen molar-refractivity contribution in [2.24, 2.45) is 0 Å². The molecule has 2 N–H and O–H groups in total. The number of nitrogens with two attached hydrogens (primary N) is 1. The van der Waals surface area contributed by atoms with Gasteiger partial charge in [-0.1, -0.05) is 42.5 Å². The molecule has 0 saturated heterocycles. The highest BCUT2D eigenvalue weighted by atomic mass is 35.5. The topological polar surface area (TPSA) is 49.6 Å². The molecule has 0 aliphatic rings. The zero-order valence-electron chi connectivity index (χ0n) is 12.2. The molecular formula is C17H19ClN2O. The summed E-state index contributed by atoms with van der Waals surface area (Å²) in [6, 6.07) is 20.2. The predicted octanol–water partition coefficient (Wildman–Crippen LogP) is -0.412. The number of methoxy groups -OCH3 is 1. The number of halogens is 1. The first-order valence-electron chi connectivity index (χ1n) is 6.68. The van der Waals surface area contributed by atoms with Crippen LogP contribution >= 0.6 is 0 Å². The molecule has 4 heteroatoms. The van der Waals surface area contributed by atoms with E-state index in [2.05, 4.69) is 30.4 Å². The van der Waals surface area contributed by atoms with Crippen LogP contribution in [0, 0.1) is 11.3 Å². The summed E-state index contributed by atoms with van der Waals surface area (Å²) < 4.78 is 5.34. The zero-order chi connectivity index (χ0) is 14.4. The second-order valence-corrected chi connectivity index (χ2v) is 4.74. The third-order valence-corrected chi connectivity index (χ3v) is 3.42. The smallest absolute Gasteiger partial charge is 0.203 e. The summed E-state index contributed by atoms with van der Waals surface area (Å²) in [6.07, 6.45) is 0. The van der Waals surface area contributed by atoms with Gasteiger partial charge in [0.25, 0.3) is 0 Å². The van der Waals surface area contributed by atoms with Crippen LogP contribution in [0.2, 0.25) is 0 Å². The minimum absolute atomic E-state index is 0. The number of ether oxygens (including phenoxy) is 1. The lowest BCUT2D eigenvalue weighted by atomic mass is 10.0. The number of para-hydroxylation sites is 1. The van der Waals surface area contributed by atoms with Crippen LogP contribution in [0.25, 0.3) is 0 Å². The van der Waals surface area contributed by atoms with Gasteiger partial charge in [-0.3, -0.25) is 0 Å². The summed E-state index contributed by atoms with van der Waals surface area (Å²) in [5.74, 6) is 0.760. The molecule has 21 heavy (non-hydrogen) atoms. The third-order valence-electron chi connectivity index (χ3n) is 3.42. The Labute approximate surface area is 132 Å². The van der Waals surface area contributed by atoms with Crippen molar-refractivity contribution in [3.8, 4) is 11.8 Å². The molecule has 0 spiro atoms. The van der Waals surface area contributed by atoms with Gasteiger partial charge in [-0.2, -0.15) is 5.26 Å². The van der Waals surface area contributed by atoms with Gasteiger partial charge in [0, 0.05) is 5.56 Å². The molecule has 0 amide bonds. The molecule has 110 valence electrons. The molecule has 0 aliphatic heterocycles. The number of quaternary nitrogens is 1. The van der Waals surface area contributed by atoms with Gasteiger partial charge in [-0.25, -0.2) is 0 Å². The van der Waals surface area contributed by atoms with E-state index >= 15 is 0 Å². The highest BCUT2D eigenvalue weighted by Crippen LogP contribution is 2.22. The van der Waals surface area contributed by atoms with E-state index in [0.717, 1.165) is 11.3 Å². The van der Waals surface area contributed by atoms with Crippen molar-refractivity contribution in [3.63, 3.8) is 0 Å². The Morgan fingerprint density at radius 3 is 2.29 bits per heavy atom. The summed E-state index contributed by atoms with van der Waals surface area (Å²) >= 11 is 0. The maximum atomic E-state index is 9.46. The Hall–Kier alpha value is -2.02. The van der Waals surface area contributed by atoms with Crippen LogP contribution in [0.5, 0.6) is 5.75 Å². The monoisotopic (exact) mass is 302 g/mol. The molecule has 0 bridgehead atoms. The van der Waals surface area contributed by atoms with Crippen molar-refractivity contribution in [2.75, 3.05) is 7.11 Å². The van der Waals surface area contributed by atoms with Crippen molar-refractivity contribution in [2.45, 2.75) is 19.0 Å². The van der Waals surface area contributed by atoms with Gasteiger partial charge >= 0.3 is 0 Å². The van der Waals surface area contributed by atoms with Gasteiger partial charge < -0.3 is 22.5 Å². The largest absolute Gasteiger partial charge is 1.00 e. The number of hydrogen-bond donors (Lipinski definition) is 1. The second-order valence-electron chi connectivity index (χ2n) is 4.74. The maximum Gasteiger partial charge on any atom is 0.203 e. The minimum atomic E-state index is -0.277. The number of nitrogens with zero attached hydrogens (tertiary/aromatic N) is 1. The maximum absolute atomic E-state index is 9.46. The quantitative estimate of drug-likeness (QED) is 0.816. The van der Waals surface area contributed by atoms with E-state index in [0.29, 0.717) is 0 Å². The number of nitriles is 1.